The zero-order valence-electron chi connectivity index (χ0n) is 11.0. The summed E-state index contributed by atoms with van der Waals surface area (Å²) < 4.78 is 2.14. The molecule has 0 aliphatic heterocycles. The Morgan fingerprint density at radius 3 is 2.33 bits per heavy atom. The first-order chi connectivity index (χ1) is 8.67. The second kappa shape index (κ2) is 5.65. The van der Waals surface area contributed by atoms with Gasteiger partial charge in [-0.3, -0.25) is 0 Å². The van der Waals surface area contributed by atoms with Crippen LogP contribution in [0.1, 0.15) is 38.1 Å². The summed E-state index contributed by atoms with van der Waals surface area (Å²) in [4.78, 5) is 0. The van der Waals surface area contributed by atoms with Crippen molar-refractivity contribution < 1.29 is 0 Å². The van der Waals surface area contributed by atoms with E-state index in [9.17, 15) is 0 Å². The van der Waals surface area contributed by atoms with Gasteiger partial charge in [-0.2, -0.15) is 0 Å². The van der Waals surface area contributed by atoms with Crippen LogP contribution < -0.4 is 0 Å². The first-order valence-corrected chi connectivity index (χ1v) is 7.37. The Kier molecular flexibility index (Phi) is 4.17. The highest BCUT2D eigenvalue weighted by Crippen LogP contribution is 2.22. The van der Waals surface area contributed by atoms with E-state index in [1.54, 1.807) is 0 Å². The lowest BCUT2D eigenvalue weighted by atomic mass is 10.0. The summed E-state index contributed by atoms with van der Waals surface area (Å²) in [5.41, 5.74) is 2.47. The Morgan fingerprint density at radius 1 is 1.17 bits per heavy atom. The standard InChI is InChI=1S/C14H18BrN3/c1-4-18-13(9-15)16-17-14(18)12-7-5-11(6-8-12)10(2)3/h5-8,10H,4,9H2,1-3H3. The van der Waals surface area contributed by atoms with Crippen LogP contribution in [0.4, 0.5) is 0 Å². The predicted octanol–water partition coefficient (Wildman–Crippen LogP) is 3.98. The van der Waals surface area contributed by atoms with Crippen LogP contribution in [0.25, 0.3) is 11.4 Å². The highest BCUT2D eigenvalue weighted by Gasteiger charge is 2.11. The minimum absolute atomic E-state index is 0.557. The zero-order valence-corrected chi connectivity index (χ0v) is 12.6. The molecule has 96 valence electrons. The van der Waals surface area contributed by atoms with E-state index in [2.05, 4.69) is 75.7 Å². The van der Waals surface area contributed by atoms with E-state index in [0.29, 0.717) is 5.92 Å². The fraction of sp³-hybridized carbons (Fsp3) is 0.429. The van der Waals surface area contributed by atoms with Crippen LogP contribution >= 0.6 is 15.9 Å². The number of nitrogens with zero attached hydrogens (tertiary/aromatic N) is 3. The predicted molar refractivity (Wildman–Crippen MR) is 77.9 cm³/mol. The Bertz CT molecular complexity index is 514. The summed E-state index contributed by atoms with van der Waals surface area (Å²) in [6.07, 6.45) is 0. The summed E-state index contributed by atoms with van der Waals surface area (Å²) >= 11 is 3.44. The van der Waals surface area contributed by atoms with Gasteiger partial charge in [-0.1, -0.05) is 54.0 Å². The number of halogens is 1. The summed E-state index contributed by atoms with van der Waals surface area (Å²) in [6.45, 7) is 7.40. The molecule has 3 nitrogen and oxygen atoms in total. The topological polar surface area (TPSA) is 30.7 Å². The molecule has 0 saturated carbocycles. The molecule has 0 fully saturated rings. The molecule has 2 rings (SSSR count). The van der Waals surface area contributed by atoms with Crippen LogP contribution in [0, 0.1) is 0 Å². The molecule has 0 saturated heterocycles. The monoisotopic (exact) mass is 307 g/mol. The Hall–Kier alpha value is -1.16. The highest BCUT2D eigenvalue weighted by molar-refractivity contribution is 9.08. The van der Waals surface area contributed by atoms with E-state index < -0.39 is 0 Å². The summed E-state index contributed by atoms with van der Waals surface area (Å²) in [6, 6.07) is 8.60. The molecule has 1 aromatic heterocycles. The van der Waals surface area contributed by atoms with Gasteiger partial charge < -0.3 is 4.57 Å². The van der Waals surface area contributed by atoms with Crippen LogP contribution in [0.5, 0.6) is 0 Å². The lowest BCUT2D eigenvalue weighted by molar-refractivity contribution is 0.733. The van der Waals surface area contributed by atoms with Crippen molar-refractivity contribution in [3.8, 4) is 11.4 Å². The minimum Gasteiger partial charge on any atom is -0.311 e. The number of benzene rings is 1. The Morgan fingerprint density at radius 2 is 1.83 bits per heavy atom. The van der Waals surface area contributed by atoms with Gasteiger partial charge in [0.2, 0.25) is 0 Å². The lowest BCUT2D eigenvalue weighted by Crippen LogP contribution is -2.01. The number of aromatic nitrogens is 3. The van der Waals surface area contributed by atoms with Gasteiger partial charge in [-0.15, -0.1) is 10.2 Å². The van der Waals surface area contributed by atoms with Crippen molar-refractivity contribution in [1.29, 1.82) is 0 Å². The SMILES string of the molecule is CCn1c(CBr)nnc1-c1ccc(C(C)C)cc1. The molecule has 1 heterocycles. The van der Waals surface area contributed by atoms with Crippen molar-refractivity contribution in [1.82, 2.24) is 14.8 Å². The van der Waals surface area contributed by atoms with Gasteiger partial charge in [0.05, 0.1) is 5.33 Å². The summed E-state index contributed by atoms with van der Waals surface area (Å²) in [7, 11) is 0. The minimum atomic E-state index is 0.557. The number of alkyl halides is 1. The molecule has 0 spiro atoms. The molecule has 4 heteroatoms. The molecular weight excluding hydrogens is 290 g/mol. The largest absolute Gasteiger partial charge is 0.311 e. The van der Waals surface area contributed by atoms with Gasteiger partial charge in [0.15, 0.2) is 5.82 Å². The number of hydrogen-bond donors (Lipinski definition) is 0. The molecule has 1 aromatic carbocycles. The maximum Gasteiger partial charge on any atom is 0.163 e. The van der Waals surface area contributed by atoms with Crippen LogP contribution in [0.3, 0.4) is 0 Å². The fourth-order valence-electron chi connectivity index (χ4n) is 2.00. The molecule has 0 unspecified atom stereocenters. The molecule has 0 amide bonds. The third kappa shape index (κ3) is 2.48. The molecule has 0 atom stereocenters. The van der Waals surface area contributed by atoms with Crippen LogP contribution in [0.15, 0.2) is 24.3 Å². The molecule has 0 aliphatic rings. The third-order valence-electron chi connectivity index (χ3n) is 3.10. The van der Waals surface area contributed by atoms with Crippen molar-refractivity contribution in [2.75, 3.05) is 0 Å². The van der Waals surface area contributed by atoms with E-state index in [-0.39, 0.29) is 0 Å². The van der Waals surface area contributed by atoms with Crippen LogP contribution in [0.2, 0.25) is 0 Å². The van der Waals surface area contributed by atoms with E-state index in [1.807, 2.05) is 0 Å². The number of hydrogen-bond acceptors (Lipinski definition) is 2. The van der Waals surface area contributed by atoms with Crippen molar-refractivity contribution in [3.63, 3.8) is 0 Å². The first kappa shape index (κ1) is 13.3. The average molecular weight is 308 g/mol. The van der Waals surface area contributed by atoms with Crippen LogP contribution in [-0.2, 0) is 11.9 Å². The molecule has 0 N–H and O–H groups in total. The number of rotatable bonds is 4. The van der Waals surface area contributed by atoms with Gasteiger partial charge in [-0.05, 0) is 18.4 Å². The molecule has 0 radical (unpaired) electrons. The smallest absolute Gasteiger partial charge is 0.163 e. The average Bonchev–Trinajstić information content (AvgIpc) is 2.81. The van der Waals surface area contributed by atoms with Gasteiger partial charge >= 0.3 is 0 Å². The van der Waals surface area contributed by atoms with E-state index in [0.717, 1.165) is 29.1 Å². The summed E-state index contributed by atoms with van der Waals surface area (Å²) in [5, 5.41) is 9.23. The zero-order chi connectivity index (χ0) is 13.1. The van der Waals surface area contributed by atoms with Crippen molar-refractivity contribution in [2.45, 2.75) is 38.6 Å². The third-order valence-corrected chi connectivity index (χ3v) is 3.60. The van der Waals surface area contributed by atoms with E-state index in [1.165, 1.54) is 5.56 Å². The van der Waals surface area contributed by atoms with Crippen molar-refractivity contribution in [2.24, 2.45) is 0 Å². The van der Waals surface area contributed by atoms with Gasteiger partial charge in [0.1, 0.15) is 5.82 Å². The lowest BCUT2D eigenvalue weighted by Gasteiger charge is -2.08. The van der Waals surface area contributed by atoms with Gasteiger partial charge in [0.25, 0.3) is 0 Å². The normalized spacial score (nSPS) is 11.2. The molecule has 18 heavy (non-hydrogen) atoms. The van der Waals surface area contributed by atoms with Gasteiger partial charge in [0, 0.05) is 12.1 Å². The quantitative estimate of drug-likeness (QED) is 0.800. The van der Waals surface area contributed by atoms with Crippen molar-refractivity contribution >= 4 is 15.9 Å². The second-order valence-corrected chi connectivity index (χ2v) is 5.16. The highest BCUT2D eigenvalue weighted by atomic mass is 79.9. The first-order valence-electron chi connectivity index (χ1n) is 6.25. The Labute approximate surface area is 116 Å². The molecule has 0 aliphatic carbocycles. The second-order valence-electron chi connectivity index (χ2n) is 4.59. The fourth-order valence-corrected chi connectivity index (χ4v) is 2.41. The maximum atomic E-state index is 4.29. The molecule has 2 aromatic rings. The summed E-state index contributed by atoms with van der Waals surface area (Å²) in [5.74, 6) is 2.48. The van der Waals surface area contributed by atoms with E-state index in [4.69, 9.17) is 0 Å². The molecular formula is C14H18BrN3. The van der Waals surface area contributed by atoms with E-state index >= 15 is 0 Å². The van der Waals surface area contributed by atoms with Crippen molar-refractivity contribution in [3.05, 3.63) is 35.7 Å². The van der Waals surface area contributed by atoms with Gasteiger partial charge in [-0.25, -0.2) is 0 Å². The van der Waals surface area contributed by atoms with Crippen LogP contribution in [-0.4, -0.2) is 14.8 Å². The Balaban J connectivity index is 2.39. The maximum absolute atomic E-state index is 4.29. The molecule has 0 bridgehead atoms.